The first-order valence-electron chi connectivity index (χ1n) is 6.84. The predicted octanol–water partition coefficient (Wildman–Crippen LogP) is 2.67. The third-order valence-corrected chi connectivity index (χ3v) is 4.39. The minimum atomic E-state index is -0.538. The summed E-state index contributed by atoms with van der Waals surface area (Å²) >= 11 is 2.94. The lowest BCUT2D eigenvalue weighted by atomic mass is 10.3. The van der Waals surface area contributed by atoms with E-state index in [4.69, 9.17) is 4.74 Å². The van der Waals surface area contributed by atoms with Crippen molar-refractivity contribution in [3.63, 3.8) is 0 Å². The molecule has 0 aliphatic carbocycles. The summed E-state index contributed by atoms with van der Waals surface area (Å²) in [5, 5.41) is 9.57. The molecule has 0 aliphatic heterocycles. The molecule has 0 radical (unpaired) electrons. The Morgan fingerprint density at radius 2 is 2.23 bits per heavy atom. The standard InChI is InChI=1S/C14H17N3O3S2/c1-2-20-14(19)17-13-16-10(9-22-13)8-12(18)15-6-5-11-4-3-7-21-11/h3-4,7,9H,2,5-6,8H2,1H3,(H,15,18)(H,16,17,19). The van der Waals surface area contributed by atoms with E-state index >= 15 is 0 Å². The molecule has 0 spiro atoms. The van der Waals surface area contributed by atoms with E-state index in [1.807, 2.05) is 17.5 Å². The molecule has 0 saturated carbocycles. The molecule has 6 nitrogen and oxygen atoms in total. The highest BCUT2D eigenvalue weighted by Gasteiger charge is 2.10. The average molecular weight is 339 g/mol. The van der Waals surface area contributed by atoms with Crippen molar-refractivity contribution in [1.29, 1.82) is 0 Å². The Bertz CT molecular complexity index is 611. The van der Waals surface area contributed by atoms with Gasteiger partial charge >= 0.3 is 6.09 Å². The van der Waals surface area contributed by atoms with Crippen LogP contribution < -0.4 is 10.6 Å². The van der Waals surface area contributed by atoms with Crippen LogP contribution >= 0.6 is 22.7 Å². The van der Waals surface area contributed by atoms with Gasteiger partial charge in [-0.15, -0.1) is 22.7 Å². The fraction of sp³-hybridized carbons (Fsp3) is 0.357. The van der Waals surface area contributed by atoms with E-state index in [0.29, 0.717) is 24.0 Å². The summed E-state index contributed by atoms with van der Waals surface area (Å²) in [6, 6.07) is 4.04. The van der Waals surface area contributed by atoms with Crippen LogP contribution in [-0.4, -0.2) is 30.1 Å². The number of amides is 2. The summed E-state index contributed by atoms with van der Waals surface area (Å²) < 4.78 is 4.76. The second kappa shape index (κ2) is 8.50. The molecule has 0 fully saturated rings. The van der Waals surface area contributed by atoms with Crippen LogP contribution in [0.15, 0.2) is 22.9 Å². The van der Waals surface area contributed by atoms with Crippen LogP contribution in [-0.2, 0) is 22.4 Å². The number of aromatic nitrogens is 1. The lowest BCUT2D eigenvalue weighted by Crippen LogP contribution is -2.27. The van der Waals surface area contributed by atoms with Crippen LogP contribution in [0.5, 0.6) is 0 Å². The fourth-order valence-corrected chi connectivity index (χ4v) is 3.11. The summed E-state index contributed by atoms with van der Waals surface area (Å²) in [7, 11) is 0. The van der Waals surface area contributed by atoms with Gasteiger partial charge in [0.15, 0.2) is 5.13 Å². The number of hydrogen-bond donors (Lipinski definition) is 2. The number of anilines is 1. The summed E-state index contributed by atoms with van der Waals surface area (Å²) in [6.45, 7) is 2.64. The molecule has 118 valence electrons. The molecular weight excluding hydrogens is 322 g/mol. The maximum absolute atomic E-state index is 11.8. The van der Waals surface area contributed by atoms with Gasteiger partial charge in [-0.05, 0) is 24.8 Å². The molecule has 0 saturated heterocycles. The van der Waals surface area contributed by atoms with Gasteiger partial charge in [0.05, 0.1) is 18.7 Å². The number of rotatable bonds is 7. The first kappa shape index (κ1) is 16.4. The topological polar surface area (TPSA) is 80.3 Å². The van der Waals surface area contributed by atoms with Crippen molar-refractivity contribution < 1.29 is 14.3 Å². The number of nitrogens with zero attached hydrogens (tertiary/aromatic N) is 1. The average Bonchev–Trinajstić information content (AvgIpc) is 3.11. The summed E-state index contributed by atoms with van der Waals surface area (Å²) in [4.78, 5) is 28.5. The second-order valence-electron chi connectivity index (χ2n) is 4.35. The molecule has 22 heavy (non-hydrogen) atoms. The molecule has 2 N–H and O–H groups in total. The van der Waals surface area contributed by atoms with Gasteiger partial charge in [0.1, 0.15) is 0 Å². The Hall–Kier alpha value is -1.93. The lowest BCUT2D eigenvalue weighted by Gasteiger charge is -2.03. The van der Waals surface area contributed by atoms with Crippen LogP contribution in [0, 0.1) is 0 Å². The Labute approximate surface area is 136 Å². The SMILES string of the molecule is CCOC(=O)Nc1nc(CC(=O)NCCc2cccs2)cs1. The Kier molecular flexibility index (Phi) is 6.35. The van der Waals surface area contributed by atoms with Gasteiger partial charge in [-0.25, -0.2) is 9.78 Å². The number of thiazole rings is 1. The molecule has 8 heteroatoms. The predicted molar refractivity (Wildman–Crippen MR) is 87.5 cm³/mol. The van der Waals surface area contributed by atoms with Crippen molar-refractivity contribution in [2.45, 2.75) is 19.8 Å². The van der Waals surface area contributed by atoms with Gasteiger partial charge in [-0.3, -0.25) is 10.1 Å². The van der Waals surface area contributed by atoms with Crippen molar-refractivity contribution in [3.05, 3.63) is 33.5 Å². The van der Waals surface area contributed by atoms with E-state index in [1.165, 1.54) is 16.2 Å². The zero-order chi connectivity index (χ0) is 15.8. The summed E-state index contributed by atoms with van der Waals surface area (Å²) in [5.41, 5.74) is 0.630. The van der Waals surface area contributed by atoms with Gasteiger partial charge in [-0.1, -0.05) is 6.07 Å². The first-order valence-corrected chi connectivity index (χ1v) is 8.60. The maximum Gasteiger partial charge on any atom is 0.413 e. The van der Waals surface area contributed by atoms with Gasteiger partial charge in [-0.2, -0.15) is 0 Å². The van der Waals surface area contributed by atoms with E-state index in [2.05, 4.69) is 15.6 Å². The molecule has 2 heterocycles. The molecule has 0 unspecified atom stereocenters. The van der Waals surface area contributed by atoms with Crippen LogP contribution in [0.4, 0.5) is 9.93 Å². The van der Waals surface area contributed by atoms with Gasteiger partial charge < -0.3 is 10.1 Å². The molecule has 0 aromatic carbocycles. The smallest absolute Gasteiger partial charge is 0.413 e. The van der Waals surface area contributed by atoms with Crippen LogP contribution in [0.3, 0.4) is 0 Å². The second-order valence-corrected chi connectivity index (χ2v) is 6.24. The van der Waals surface area contributed by atoms with Crippen molar-refractivity contribution in [2.24, 2.45) is 0 Å². The van der Waals surface area contributed by atoms with Gasteiger partial charge in [0.25, 0.3) is 0 Å². The summed E-state index contributed by atoms with van der Waals surface area (Å²) in [6.07, 6.45) is 0.491. The minimum absolute atomic E-state index is 0.0791. The largest absolute Gasteiger partial charge is 0.450 e. The zero-order valence-electron chi connectivity index (χ0n) is 12.1. The number of hydrogen-bond acceptors (Lipinski definition) is 6. The first-order chi connectivity index (χ1) is 10.7. The Balaban J connectivity index is 1.72. The third-order valence-electron chi connectivity index (χ3n) is 2.65. The lowest BCUT2D eigenvalue weighted by molar-refractivity contribution is -0.120. The Morgan fingerprint density at radius 3 is 2.95 bits per heavy atom. The van der Waals surface area contributed by atoms with E-state index in [-0.39, 0.29) is 12.3 Å². The quantitative estimate of drug-likeness (QED) is 0.813. The van der Waals surface area contributed by atoms with Crippen molar-refractivity contribution >= 4 is 39.8 Å². The van der Waals surface area contributed by atoms with Gasteiger partial charge in [0, 0.05) is 16.8 Å². The van der Waals surface area contributed by atoms with Crippen LogP contribution in [0.25, 0.3) is 0 Å². The maximum atomic E-state index is 11.8. The highest BCUT2D eigenvalue weighted by atomic mass is 32.1. The minimum Gasteiger partial charge on any atom is -0.450 e. The number of carbonyl (C=O) groups excluding carboxylic acids is 2. The molecule has 2 aromatic heterocycles. The van der Waals surface area contributed by atoms with Gasteiger partial charge in [0.2, 0.25) is 5.91 Å². The monoisotopic (exact) mass is 339 g/mol. The highest BCUT2D eigenvalue weighted by Crippen LogP contribution is 2.16. The van der Waals surface area contributed by atoms with Crippen molar-refractivity contribution in [3.8, 4) is 0 Å². The van der Waals surface area contributed by atoms with Crippen LogP contribution in [0.1, 0.15) is 17.5 Å². The van der Waals surface area contributed by atoms with E-state index < -0.39 is 6.09 Å². The van der Waals surface area contributed by atoms with E-state index in [1.54, 1.807) is 23.6 Å². The molecule has 0 atom stereocenters. The molecule has 2 aromatic rings. The van der Waals surface area contributed by atoms with Crippen molar-refractivity contribution in [1.82, 2.24) is 10.3 Å². The zero-order valence-corrected chi connectivity index (χ0v) is 13.8. The summed E-state index contributed by atoms with van der Waals surface area (Å²) in [5.74, 6) is -0.0791. The fourth-order valence-electron chi connectivity index (χ4n) is 1.71. The number of ether oxygens (including phenoxy) is 1. The molecule has 0 aliphatic rings. The number of carbonyl (C=O) groups is 2. The number of nitrogens with one attached hydrogen (secondary N) is 2. The number of thiophene rings is 1. The van der Waals surface area contributed by atoms with Crippen LogP contribution in [0.2, 0.25) is 0 Å². The molecule has 2 amide bonds. The normalized spacial score (nSPS) is 10.2. The Morgan fingerprint density at radius 1 is 1.36 bits per heavy atom. The molecular formula is C14H17N3O3S2. The molecule has 2 rings (SSSR count). The molecule has 0 bridgehead atoms. The van der Waals surface area contributed by atoms with E-state index in [9.17, 15) is 9.59 Å². The van der Waals surface area contributed by atoms with E-state index in [0.717, 1.165) is 6.42 Å². The highest BCUT2D eigenvalue weighted by molar-refractivity contribution is 7.13. The third kappa shape index (κ3) is 5.45. The van der Waals surface area contributed by atoms with Crippen molar-refractivity contribution in [2.75, 3.05) is 18.5 Å².